The molecule has 0 spiro atoms. The molecule has 2 N–H and O–H groups in total. The van der Waals surface area contributed by atoms with Gasteiger partial charge in [0, 0.05) is 0 Å². The molecule has 27 heavy (non-hydrogen) atoms. The summed E-state index contributed by atoms with van der Waals surface area (Å²) in [6.07, 6.45) is 2.83. The maximum atomic E-state index is 13.3. The minimum atomic E-state index is -3.69. The maximum Gasteiger partial charge on any atom is 0.180 e. The third-order valence-corrected chi connectivity index (χ3v) is 7.53. The van der Waals surface area contributed by atoms with Crippen molar-refractivity contribution in [3.05, 3.63) is 59.7 Å². The van der Waals surface area contributed by atoms with Crippen molar-refractivity contribution in [2.45, 2.75) is 56.0 Å². The zero-order valence-corrected chi connectivity index (χ0v) is 16.6. The number of hydrogen-bond acceptors (Lipinski definition) is 5. The van der Waals surface area contributed by atoms with Crippen molar-refractivity contribution in [3.8, 4) is 5.75 Å². The van der Waals surface area contributed by atoms with E-state index >= 15 is 0 Å². The van der Waals surface area contributed by atoms with Crippen molar-refractivity contribution in [3.63, 3.8) is 0 Å². The molecule has 0 aromatic heterocycles. The fourth-order valence-electron chi connectivity index (χ4n) is 4.01. The highest BCUT2D eigenvalue weighted by Gasteiger charge is 2.47. The summed E-state index contributed by atoms with van der Waals surface area (Å²) in [6.45, 7) is 3.97. The average Bonchev–Trinajstić information content (AvgIpc) is 2.73. The first kappa shape index (κ1) is 19.9. The fraction of sp³-hybridized carbons (Fsp3) is 0.429. The molecule has 0 radical (unpaired) electrons. The minimum absolute atomic E-state index is 0.0915. The number of aromatic hydroxyl groups is 1. The Morgan fingerprint density at radius 2 is 1.85 bits per heavy atom. The van der Waals surface area contributed by atoms with Crippen LogP contribution in [0.5, 0.6) is 5.75 Å². The molecule has 0 saturated heterocycles. The highest BCUT2D eigenvalue weighted by molar-refractivity contribution is 7.91. The molecule has 0 saturated carbocycles. The second kappa shape index (κ2) is 7.62. The lowest BCUT2D eigenvalue weighted by Crippen LogP contribution is -2.51. The van der Waals surface area contributed by atoms with E-state index in [2.05, 4.69) is 6.92 Å². The second-order valence-corrected chi connectivity index (χ2v) is 9.28. The van der Waals surface area contributed by atoms with Gasteiger partial charge in [0.05, 0.1) is 22.2 Å². The number of phenols is 1. The average molecular weight is 390 g/mol. The Morgan fingerprint density at radius 3 is 2.48 bits per heavy atom. The van der Waals surface area contributed by atoms with Gasteiger partial charge in [-0.1, -0.05) is 63.1 Å². The van der Waals surface area contributed by atoms with Gasteiger partial charge in [0.2, 0.25) is 0 Å². The molecule has 2 atom stereocenters. The Bertz CT molecular complexity index is 898. The number of phenolic OH excluding ortho intramolecular Hbond substituents is 1. The molecule has 1 heterocycles. The van der Waals surface area contributed by atoms with E-state index in [1.807, 2.05) is 37.3 Å². The lowest BCUT2D eigenvalue weighted by molar-refractivity contribution is -0.193. The molecule has 5 nitrogen and oxygen atoms in total. The first-order valence-electron chi connectivity index (χ1n) is 9.43. The number of hydroxylamine groups is 2. The molecule has 0 aliphatic carbocycles. The lowest BCUT2D eigenvalue weighted by atomic mass is 9.87. The van der Waals surface area contributed by atoms with Crippen LogP contribution >= 0.6 is 0 Å². The summed E-state index contributed by atoms with van der Waals surface area (Å²) in [5.74, 6) is -0.265. The lowest BCUT2D eigenvalue weighted by Gasteiger charge is -2.42. The van der Waals surface area contributed by atoms with E-state index in [1.54, 1.807) is 6.07 Å². The van der Waals surface area contributed by atoms with Crippen molar-refractivity contribution in [1.29, 1.82) is 0 Å². The third kappa shape index (κ3) is 3.61. The highest BCUT2D eigenvalue weighted by Crippen LogP contribution is 2.44. The molecule has 0 unspecified atom stereocenters. The van der Waals surface area contributed by atoms with Gasteiger partial charge in [-0.25, -0.2) is 8.42 Å². The van der Waals surface area contributed by atoms with Crippen LogP contribution in [-0.2, 0) is 9.84 Å². The van der Waals surface area contributed by atoms with E-state index < -0.39 is 21.4 Å². The largest absolute Gasteiger partial charge is 0.508 e. The van der Waals surface area contributed by atoms with Crippen LogP contribution in [-0.4, -0.2) is 35.1 Å². The van der Waals surface area contributed by atoms with Gasteiger partial charge in [0.15, 0.2) is 9.84 Å². The zero-order chi connectivity index (χ0) is 19.7. The maximum absolute atomic E-state index is 13.3. The zero-order valence-electron chi connectivity index (χ0n) is 15.8. The standard InChI is InChI=1S/C21H27NO4S/c1-3-5-13-21(4-2)15-27(25,26)19-14-17(23)11-12-18(19)20(22(21)24)16-9-7-6-8-10-16/h6-12,14,20,23-24H,3-5,13,15H2,1-2H3/t20-,21-/m0/s1. The van der Waals surface area contributed by atoms with Gasteiger partial charge in [0.25, 0.3) is 0 Å². The molecule has 2 aromatic carbocycles. The molecule has 1 aliphatic heterocycles. The van der Waals surface area contributed by atoms with Crippen molar-refractivity contribution < 1.29 is 18.7 Å². The predicted octanol–water partition coefficient (Wildman–Crippen LogP) is 4.30. The Labute approximate surface area is 161 Å². The van der Waals surface area contributed by atoms with Crippen LogP contribution in [0, 0.1) is 0 Å². The smallest absolute Gasteiger partial charge is 0.180 e. The first-order valence-corrected chi connectivity index (χ1v) is 11.1. The fourth-order valence-corrected chi connectivity index (χ4v) is 6.19. The second-order valence-electron chi connectivity index (χ2n) is 7.32. The molecule has 146 valence electrons. The van der Waals surface area contributed by atoms with Gasteiger partial charge in [-0.2, -0.15) is 5.06 Å². The van der Waals surface area contributed by atoms with Crippen LogP contribution in [0.15, 0.2) is 53.4 Å². The predicted molar refractivity (Wildman–Crippen MR) is 105 cm³/mol. The third-order valence-electron chi connectivity index (χ3n) is 5.59. The SMILES string of the molecule is CCCC[C@@]1(CC)CS(=O)(=O)c2cc(O)ccc2[C@H](c2ccccc2)N1O. The highest BCUT2D eigenvalue weighted by atomic mass is 32.2. The van der Waals surface area contributed by atoms with Gasteiger partial charge >= 0.3 is 0 Å². The summed E-state index contributed by atoms with van der Waals surface area (Å²) >= 11 is 0. The Hall–Kier alpha value is -1.89. The quantitative estimate of drug-likeness (QED) is 0.797. The number of hydrogen-bond donors (Lipinski definition) is 2. The molecular weight excluding hydrogens is 362 g/mol. The van der Waals surface area contributed by atoms with Gasteiger partial charge < -0.3 is 10.3 Å². The van der Waals surface area contributed by atoms with E-state index in [0.29, 0.717) is 18.4 Å². The molecule has 1 aliphatic rings. The Balaban J connectivity index is 2.28. The number of sulfone groups is 1. The summed E-state index contributed by atoms with van der Waals surface area (Å²) in [6, 6.07) is 13.2. The van der Waals surface area contributed by atoms with Gasteiger partial charge in [-0.15, -0.1) is 0 Å². The summed E-state index contributed by atoms with van der Waals surface area (Å²) in [7, 11) is -3.69. The number of nitrogens with zero attached hydrogens (tertiary/aromatic N) is 1. The molecular formula is C21H27NO4S. The molecule has 6 heteroatoms. The van der Waals surface area contributed by atoms with Crippen LogP contribution in [0.4, 0.5) is 0 Å². The van der Waals surface area contributed by atoms with Crippen LogP contribution < -0.4 is 0 Å². The molecule has 2 aromatic rings. The molecule has 0 fully saturated rings. The topological polar surface area (TPSA) is 77.8 Å². The van der Waals surface area contributed by atoms with Crippen molar-refractivity contribution in [2.24, 2.45) is 0 Å². The molecule has 0 amide bonds. The van der Waals surface area contributed by atoms with E-state index in [1.165, 1.54) is 17.2 Å². The molecule has 3 rings (SSSR count). The van der Waals surface area contributed by atoms with Crippen molar-refractivity contribution in [1.82, 2.24) is 5.06 Å². The van der Waals surface area contributed by atoms with E-state index in [4.69, 9.17) is 0 Å². The minimum Gasteiger partial charge on any atom is -0.508 e. The van der Waals surface area contributed by atoms with Crippen LogP contribution in [0.3, 0.4) is 0 Å². The normalized spacial score (nSPS) is 24.9. The summed E-state index contributed by atoms with van der Waals surface area (Å²) in [5.41, 5.74) is 0.427. The number of benzene rings is 2. The Kier molecular flexibility index (Phi) is 5.60. The van der Waals surface area contributed by atoms with Gasteiger partial charge in [0.1, 0.15) is 5.75 Å². The van der Waals surface area contributed by atoms with Crippen LogP contribution in [0.1, 0.15) is 56.7 Å². The van der Waals surface area contributed by atoms with Crippen molar-refractivity contribution >= 4 is 9.84 Å². The number of fused-ring (bicyclic) bond motifs is 1. The van der Waals surface area contributed by atoms with E-state index in [9.17, 15) is 18.7 Å². The first-order chi connectivity index (χ1) is 12.8. The molecule has 0 bridgehead atoms. The summed E-state index contributed by atoms with van der Waals surface area (Å²) in [5, 5.41) is 22.6. The monoisotopic (exact) mass is 389 g/mol. The van der Waals surface area contributed by atoms with Crippen LogP contribution in [0.2, 0.25) is 0 Å². The summed E-state index contributed by atoms with van der Waals surface area (Å²) in [4.78, 5) is 0.0993. The Morgan fingerprint density at radius 1 is 1.15 bits per heavy atom. The van der Waals surface area contributed by atoms with E-state index in [0.717, 1.165) is 18.4 Å². The van der Waals surface area contributed by atoms with E-state index in [-0.39, 0.29) is 16.4 Å². The van der Waals surface area contributed by atoms with Gasteiger partial charge in [-0.3, -0.25) is 0 Å². The number of rotatable bonds is 5. The van der Waals surface area contributed by atoms with Crippen LogP contribution in [0.25, 0.3) is 0 Å². The summed E-state index contributed by atoms with van der Waals surface area (Å²) < 4.78 is 26.5. The van der Waals surface area contributed by atoms with Crippen molar-refractivity contribution in [2.75, 3.05) is 5.75 Å². The number of unbranched alkanes of at least 4 members (excludes halogenated alkanes) is 1. The van der Waals surface area contributed by atoms with Gasteiger partial charge in [-0.05, 0) is 36.1 Å².